The van der Waals surface area contributed by atoms with Crippen LogP contribution in [0.2, 0.25) is 0 Å². The van der Waals surface area contributed by atoms with Crippen molar-refractivity contribution in [2.45, 2.75) is 39.6 Å². The molecular formula is C10H18O2. The van der Waals surface area contributed by atoms with Crippen LogP contribution in [0.25, 0.3) is 0 Å². The summed E-state index contributed by atoms with van der Waals surface area (Å²) in [6.45, 7) is 7.15. The Kier molecular flexibility index (Phi) is 3.76. The summed E-state index contributed by atoms with van der Waals surface area (Å²) < 4.78 is 11.0. The molecule has 1 heterocycles. The van der Waals surface area contributed by atoms with Crippen LogP contribution in [0.3, 0.4) is 0 Å². The van der Waals surface area contributed by atoms with Crippen LogP contribution in [0.5, 0.6) is 0 Å². The van der Waals surface area contributed by atoms with Gasteiger partial charge in [0.2, 0.25) is 0 Å². The summed E-state index contributed by atoms with van der Waals surface area (Å²) in [5, 5.41) is 0. The minimum absolute atomic E-state index is 0.115. The van der Waals surface area contributed by atoms with Crippen LogP contribution in [0, 0.1) is 5.92 Å². The highest BCUT2D eigenvalue weighted by Crippen LogP contribution is 2.18. The van der Waals surface area contributed by atoms with Gasteiger partial charge in [-0.1, -0.05) is 19.9 Å². The molecule has 1 saturated heterocycles. The van der Waals surface area contributed by atoms with Gasteiger partial charge in [0.1, 0.15) is 0 Å². The first-order chi connectivity index (χ1) is 5.74. The highest BCUT2D eigenvalue weighted by atomic mass is 16.7. The molecule has 70 valence electrons. The fourth-order valence-electron chi connectivity index (χ4n) is 1.12. The molecule has 0 radical (unpaired) electrons. The largest absolute Gasteiger partial charge is 0.349 e. The van der Waals surface area contributed by atoms with Crippen molar-refractivity contribution in [1.82, 2.24) is 0 Å². The summed E-state index contributed by atoms with van der Waals surface area (Å²) in [6, 6.07) is 0. The molecule has 2 heteroatoms. The van der Waals surface area contributed by atoms with E-state index in [0.29, 0.717) is 12.0 Å². The molecule has 0 bridgehead atoms. The van der Waals surface area contributed by atoms with Crippen molar-refractivity contribution in [3.63, 3.8) is 0 Å². The molecule has 0 saturated carbocycles. The second-order valence-corrected chi connectivity index (χ2v) is 3.36. The van der Waals surface area contributed by atoms with Gasteiger partial charge in [0.15, 0.2) is 6.29 Å². The van der Waals surface area contributed by atoms with Crippen molar-refractivity contribution >= 4 is 0 Å². The molecule has 12 heavy (non-hydrogen) atoms. The van der Waals surface area contributed by atoms with Gasteiger partial charge < -0.3 is 9.47 Å². The summed E-state index contributed by atoms with van der Waals surface area (Å²) in [6.07, 6.45) is 5.30. The maximum Gasteiger partial charge on any atom is 0.177 e. The van der Waals surface area contributed by atoms with Gasteiger partial charge >= 0.3 is 0 Å². The lowest BCUT2D eigenvalue weighted by Crippen LogP contribution is -2.35. The summed E-state index contributed by atoms with van der Waals surface area (Å²) in [5.41, 5.74) is 0. The number of rotatable bonds is 2. The maximum absolute atomic E-state index is 5.59. The Labute approximate surface area is 74.6 Å². The predicted octanol–water partition coefficient (Wildman–Crippen LogP) is 2.35. The van der Waals surface area contributed by atoms with Crippen LogP contribution >= 0.6 is 0 Å². The van der Waals surface area contributed by atoms with Crippen LogP contribution in [0.1, 0.15) is 27.2 Å². The molecule has 0 N–H and O–H groups in total. The molecule has 0 aromatic carbocycles. The smallest absolute Gasteiger partial charge is 0.177 e. The lowest BCUT2D eigenvalue weighted by atomic mass is 10.1. The first-order valence-electron chi connectivity index (χ1n) is 4.67. The maximum atomic E-state index is 5.59. The zero-order valence-electron chi connectivity index (χ0n) is 8.12. The molecule has 2 nitrogen and oxygen atoms in total. The topological polar surface area (TPSA) is 18.5 Å². The van der Waals surface area contributed by atoms with Gasteiger partial charge in [-0.05, 0) is 19.4 Å². The highest BCUT2D eigenvalue weighted by Gasteiger charge is 2.23. The van der Waals surface area contributed by atoms with E-state index < -0.39 is 0 Å². The van der Waals surface area contributed by atoms with E-state index in [-0.39, 0.29) is 6.29 Å². The monoisotopic (exact) mass is 170 g/mol. The van der Waals surface area contributed by atoms with Crippen LogP contribution in [0.15, 0.2) is 12.2 Å². The van der Waals surface area contributed by atoms with Crippen molar-refractivity contribution < 1.29 is 9.47 Å². The Balaban J connectivity index is 2.35. The average molecular weight is 170 g/mol. The minimum atomic E-state index is -0.115. The fraction of sp³-hybridized carbons (Fsp3) is 0.800. The molecule has 1 fully saturated rings. The van der Waals surface area contributed by atoms with Gasteiger partial charge in [0.25, 0.3) is 0 Å². The Bertz CT molecular complexity index is 154. The van der Waals surface area contributed by atoms with Gasteiger partial charge in [-0.3, -0.25) is 0 Å². The van der Waals surface area contributed by atoms with Crippen molar-refractivity contribution in [2.24, 2.45) is 5.92 Å². The second kappa shape index (κ2) is 4.63. The third-order valence-corrected chi connectivity index (χ3v) is 2.20. The molecule has 1 aliphatic rings. The molecule has 0 unspecified atom stereocenters. The molecule has 0 spiro atoms. The minimum Gasteiger partial charge on any atom is -0.349 e. The van der Waals surface area contributed by atoms with Gasteiger partial charge in [-0.2, -0.15) is 0 Å². The van der Waals surface area contributed by atoms with Gasteiger partial charge in [0, 0.05) is 5.92 Å². The van der Waals surface area contributed by atoms with E-state index in [1.807, 2.05) is 6.08 Å². The Morgan fingerprint density at radius 2 is 2.17 bits per heavy atom. The molecule has 1 rings (SSSR count). The van der Waals surface area contributed by atoms with E-state index >= 15 is 0 Å². The molecule has 1 aliphatic heterocycles. The predicted molar refractivity (Wildman–Crippen MR) is 48.9 cm³/mol. The zero-order valence-corrected chi connectivity index (χ0v) is 8.12. The fourth-order valence-corrected chi connectivity index (χ4v) is 1.12. The molecule has 0 aliphatic carbocycles. The third-order valence-electron chi connectivity index (χ3n) is 2.20. The summed E-state index contributed by atoms with van der Waals surface area (Å²) in [7, 11) is 0. The van der Waals surface area contributed by atoms with E-state index in [9.17, 15) is 0 Å². The summed E-state index contributed by atoms with van der Waals surface area (Å²) >= 11 is 0. The lowest BCUT2D eigenvalue weighted by molar-refractivity contribution is -0.204. The number of ether oxygens (including phenoxy) is 2. The number of allylic oxidation sites excluding steroid dienone is 1. The molecule has 0 aromatic rings. The standard InChI is InChI=1S/C10H18O2/c1-4-5-6-10-11-7-8(2)9(3)12-10/h5-6,8-10H,4,7H2,1-3H3/b6-5+/t8-,9+,10+/m0/s1. The van der Waals surface area contributed by atoms with Crippen LogP contribution in [0.4, 0.5) is 0 Å². The van der Waals surface area contributed by atoms with E-state index in [4.69, 9.17) is 9.47 Å². The van der Waals surface area contributed by atoms with Crippen LogP contribution in [-0.4, -0.2) is 19.0 Å². The van der Waals surface area contributed by atoms with Gasteiger partial charge in [-0.15, -0.1) is 0 Å². The van der Waals surface area contributed by atoms with E-state index in [1.54, 1.807) is 0 Å². The quantitative estimate of drug-likeness (QED) is 0.592. The molecular weight excluding hydrogens is 152 g/mol. The summed E-state index contributed by atoms with van der Waals surface area (Å²) in [4.78, 5) is 0. The lowest BCUT2D eigenvalue weighted by Gasteiger charge is -2.31. The number of hydrogen-bond donors (Lipinski definition) is 0. The van der Waals surface area contributed by atoms with Gasteiger partial charge in [0.05, 0.1) is 12.7 Å². The molecule has 3 atom stereocenters. The van der Waals surface area contributed by atoms with Crippen molar-refractivity contribution in [1.29, 1.82) is 0 Å². The Hall–Kier alpha value is -0.340. The zero-order chi connectivity index (χ0) is 8.97. The van der Waals surface area contributed by atoms with Crippen molar-refractivity contribution in [2.75, 3.05) is 6.61 Å². The average Bonchev–Trinajstić information content (AvgIpc) is 2.07. The first-order valence-corrected chi connectivity index (χ1v) is 4.67. The van der Waals surface area contributed by atoms with Gasteiger partial charge in [-0.25, -0.2) is 0 Å². The van der Waals surface area contributed by atoms with E-state index in [1.165, 1.54) is 0 Å². The third kappa shape index (κ3) is 2.61. The normalized spacial score (nSPS) is 37.4. The number of hydrogen-bond acceptors (Lipinski definition) is 2. The van der Waals surface area contributed by atoms with Crippen molar-refractivity contribution in [3.8, 4) is 0 Å². The Morgan fingerprint density at radius 1 is 1.42 bits per heavy atom. The van der Waals surface area contributed by atoms with E-state index in [2.05, 4.69) is 26.8 Å². The van der Waals surface area contributed by atoms with Crippen LogP contribution in [-0.2, 0) is 9.47 Å². The second-order valence-electron chi connectivity index (χ2n) is 3.36. The van der Waals surface area contributed by atoms with E-state index in [0.717, 1.165) is 13.0 Å². The van der Waals surface area contributed by atoms with Crippen LogP contribution < -0.4 is 0 Å². The molecule has 0 amide bonds. The Morgan fingerprint density at radius 3 is 2.75 bits per heavy atom. The SMILES string of the molecule is CC/C=C/[C@@H]1OC[C@H](C)[C@@H](C)O1. The first kappa shape index (κ1) is 9.75. The van der Waals surface area contributed by atoms with Crippen molar-refractivity contribution in [3.05, 3.63) is 12.2 Å². The summed E-state index contributed by atoms with van der Waals surface area (Å²) in [5.74, 6) is 0.510. The molecule has 0 aromatic heterocycles. The highest BCUT2D eigenvalue weighted by molar-refractivity contribution is 4.86.